The molecule has 0 aromatic rings. The minimum absolute atomic E-state index is 0.0224. The molecule has 4 nitrogen and oxygen atoms in total. The zero-order valence-electron chi connectivity index (χ0n) is 8.17. The summed E-state index contributed by atoms with van der Waals surface area (Å²) < 4.78 is 21.4. The van der Waals surface area contributed by atoms with Crippen LogP contribution in [0.2, 0.25) is 0 Å². The van der Waals surface area contributed by atoms with Gasteiger partial charge in [-0.15, -0.1) is 0 Å². The van der Waals surface area contributed by atoms with Crippen molar-refractivity contribution in [3.05, 3.63) is 0 Å². The fraction of sp³-hybridized carbons (Fsp3) is 0.875. The molecule has 78 valence electrons. The third-order valence-electron chi connectivity index (χ3n) is 1.63. The molecule has 0 heterocycles. The first-order valence-electron chi connectivity index (χ1n) is 4.30. The maximum atomic E-state index is 11.1. The van der Waals surface area contributed by atoms with E-state index in [4.69, 9.17) is 0 Å². The second-order valence-electron chi connectivity index (χ2n) is 3.13. The predicted molar refractivity (Wildman–Crippen MR) is 52.5 cm³/mol. The SMILES string of the molecule is CNCCCC(=O)CCS(C)(=O)=O. The number of nitrogens with one attached hydrogen (secondary N) is 1. The van der Waals surface area contributed by atoms with Gasteiger partial charge in [-0.3, -0.25) is 4.79 Å². The molecule has 0 spiro atoms. The van der Waals surface area contributed by atoms with E-state index >= 15 is 0 Å². The number of hydrogen-bond donors (Lipinski definition) is 1. The zero-order chi connectivity index (χ0) is 10.3. The van der Waals surface area contributed by atoms with Crippen LogP contribution < -0.4 is 5.32 Å². The summed E-state index contributed by atoms with van der Waals surface area (Å²) >= 11 is 0. The van der Waals surface area contributed by atoms with Crippen LogP contribution >= 0.6 is 0 Å². The lowest BCUT2D eigenvalue weighted by Crippen LogP contribution is -2.12. The van der Waals surface area contributed by atoms with Gasteiger partial charge < -0.3 is 5.32 Å². The maximum absolute atomic E-state index is 11.1. The van der Waals surface area contributed by atoms with Crippen molar-refractivity contribution in [3.63, 3.8) is 0 Å². The van der Waals surface area contributed by atoms with Crippen LogP contribution in [-0.4, -0.2) is 39.8 Å². The molecule has 0 rings (SSSR count). The van der Waals surface area contributed by atoms with Crippen molar-refractivity contribution in [1.82, 2.24) is 5.32 Å². The van der Waals surface area contributed by atoms with Crippen molar-refractivity contribution >= 4 is 15.6 Å². The quantitative estimate of drug-likeness (QED) is 0.596. The van der Waals surface area contributed by atoms with Gasteiger partial charge in [0.15, 0.2) is 0 Å². The lowest BCUT2D eigenvalue weighted by molar-refractivity contribution is -0.118. The van der Waals surface area contributed by atoms with Crippen molar-refractivity contribution in [3.8, 4) is 0 Å². The summed E-state index contributed by atoms with van der Waals surface area (Å²) in [6, 6.07) is 0. The molecule has 1 N–H and O–H groups in total. The van der Waals surface area contributed by atoms with Gasteiger partial charge in [-0.2, -0.15) is 0 Å². The molecule has 13 heavy (non-hydrogen) atoms. The lowest BCUT2D eigenvalue weighted by atomic mass is 10.2. The van der Waals surface area contributed by atoms with Gasteiger partial charge in [0.1, 0.15) is 15.6 Å². The van der Waals surface area contributed by atoms with Crippen LogP contribution in [0.3, 0.4) is 0 Å². The summed E-state index contributed by atoms with van der Waals surface area (Å²) in [5.41, 5.74) is 0. The third-order valence-corrected chi connectivity index (χ3v) is 2.58. The highest BCUT2D eigenvalue weighted by molar-refractivity contribution is 7.90. The van der Waals surface area contributed by atoms with E-state index in [2.05, 4.69) is 5.32 Å². The summed E-state index contributed by atoms with van der Waals surface area (Å²) in [7, 11) is -1.17. The summed E-state index contributed by atoms with van der Waals surface area (Å²) in [5, 5.41) is 2.92. The molecule has 0 bridgehead atoms. The second-order valence-corrected chi connectivity index (χ2v) is 5.39. The number of Topliss-reactive ketones (excluding diaryl/α,β-unsaturated/α-hetero) is 1. The van der Waals surface area contributed by atoms with Gasteiger partial charge in [0, 0.05) is 19.1 Å². The molecule has 0 saturated heterocycles. The van der Waals surface area contributed by atoms with Crippen LogP contribution in [-0.2, 0) is 14.6 Å². The third kappa shape index (κ3) is 9.49. The smallest absolute Gasteiger partial charge is 0.147 e. The zero-order valence-corrected chi connectivity index (χ0v) is 8.99. The van der Waals surface area contributed by atoms with Crippen molar-refractivity contribution in [2.24, 2.45) is 0 Å². The Kier molecular flexibility index (Phi) is 5.90. The number of carbonyl (C=O) groups is 1. The van der Waals surface area contributed by atoms with Gasteiger partial charge in [-0.25, -0.2) is 8.42 Å². The molecule has 0 fully saturated rings. The van der Waals surface area contributed by atoms with Crippen LogP contribution in [0.5, 0.6) is 0 Å². The fourth-order valence-electron chi connectivity index (χ4n) is 0.887. The number of ketones is 1. The van der Waals surface area contributed by atoms with Crippen molar-refractivity contribution in [2.45, 2.75) is 19.3 Å². The van der Waals surface area contributed by atoms with Crippen LogP contribution in [0.1, 0.15) is 19.3 Å². The van der Waals surface area contributed by atoms with E-state index in [1.54, 1.807) is 0 Å². The largest absolute Gasteiger partial charge is 0.320 e. The molecular formula is C8H17NO3S. The Hall–Kier alpha value is -0.420. The minimum Gasteiger partial charge on any atom is -0.320 e. The summed E-state index contributed by atoms with van der Waals surface area (Å²) in [4.78, 5) is 11.1. The minimum atomic E-state index is -2.99. The monoisotopic (exact) mass is 207 g/mol. The second kappa shape index (κ2) is 6.10. The normalized spacial score (nSPS) is 11.5. The number of hydrogen-bond acceptors (Lipinski definition) is 4. The van der Waals surface area contributed by atoms with Crippen molar-refractivity contribution < 1.29 is 13.2 Å². The van der Waals surface area contributed by atoms with Gasteiger partial charge in [0.05, 0.1) is 5.75 Å². The first-order valence-corrected chi connectivity index (χ1v) is 6.36. The summed E-state index contributed by atoms with van der Waals surface area (Å²) in [6.45, 7) is 0.796. The molecule has 0 aliphatic heterocycles. The predicted octanol–water partition coefficient (Wildman–Crippen LogP) is -0.0102. The highest BCUT2D eigenvalue weighted by Gasteiger charge is 2.07. The van der Waals surface area contributed by atoms with Gasteiger partial charge >= 0.3 is 0 Å². The molecule has 0 radical (unpaired) electrons. The van der Waals surface area contributed by atoms with E-state index in [-0.39, 0.29) is 18.0 Å². The Balaban J connectivity index is 3.53. The van der Waals surface area contributed by atoms with Crippen LogP contribution in [0.25, 0.3) is 0 Å². The lowest BCUT2D eigenvalue weighted by Gasteiger charge is -1.99. The summed E-state index contributed by atoms with van der Waals surface area (Å²) in [6.07, 6.45) is 2.55. The first kappa shape index (κ1) is 12.6. The van der Waals surface area contributed by atoms with Crippen LogP contribution in [0.15, 0.2) is 0 Å². The van der Waals surface area contributed by atoms with Gasteiger partial charge in [0.25, 0.3) is 0 Å². The Morgan fingerprint density at radius 2 is 1.92 bits per heavy atom. The Labute approximate surface area is 79.6 Å². The van der Waals surface area contributed by atoms with Gasteiger partial charge in [-0.05, 0) is 20.0 Å². The van der Waals surface area contributed by atoms with Crippen molar-refractivity contribution in [2.75, 3.05) is 25.6 Å². The Bertz CT molecular complexity index is 246. The number of sulfone groups is 1. The Morgan fingerprint density at radius 1 is 1.31 bits per heavy atom. The van der Waals surface area contributed by atoms with Crippen LogP contribution in [0.4, 0.5) is 0 Å². The average molecular weight is 207 g/mol. The van der Waals surface area contributed by atoms with Crippen molar-refractivity contribution in [1.29, 1.82) is 0 Å². The van der Waals surface area contributed by atoms with E-state index in [1.807, 2.05) is 7.05 Å². The van der Waals surface area contributed by atoms with E-state index in [9.17, 15) is 13.2 Å². The Morgan fingerprint density at radius 3 is 2.38 bits per heavy atom. The molecule has 0 aromatic carbocycles. The highest BCUT2D eigenvalue weighted by Crippen LogP contribution is 1.97. The van der Waals surface area contributed by atoms with Gasteiger partial charge in [0.2, 0.25) is 0 Å². The molecule has 0 atom stereocenters. The molecule has 0 unspecified atom stereocenters. The van der Waals surface area contributed by atoms with E-state index < -0.39 is 9.84 Å². The maximum Gasteiger partial charge on any atom is 0.147 e. The highest BCUT2D eigenvalue weighted by atomic mass is 32.2. The summed E-state index contributed by atoms with van der Waals surface area (Å²) in [5.74, 6) is 0.00597. The standard InChI is InChI=1S/C8H17NO3S/c1-9-6-3-4-8(10)5-7-13(2,11)12/h9H,3-7H2,1-2H3. The molecule has 0 aliphatic rings. The number of carbonyl (C=O) groups excluding carboxylic acids is 1. The molecule has 0 aliphatic carbocycles. The average Bonchev–Trinajstić information content (AvgIpc) is 2.00. The molecule has 0 aromatic heterocycles. The van der Waals surface area contributed by atoms with Gasteiger partial charge in [-0.1, -0.05) is 0 Å². The number of rotatable bonds is 7. The van der Waals surface area contributed by atoms with E-state index in [1.165, 1.54) is 0 Å². The molecule has 5 heteroatoms. The van der Waals surface area contributed by atoms with E-state index in [0.717, 1.165) is 19.2 Å². The topological polar surface area (TPSA) is 63.2 Å². The molecule has 0 saturated carbocycles. The van der Waals surface area contributed by atoms with E-state index in [0.29, 0.717) is 6.42 Å². The molecule has 0 amide bonds. The van der Waals surface area contributed by atoms with Crippen LogP contribution in [0, 0.1) is 0 Å². The molecular weight excluding hydrogens is 190 g/mol. The fourth-order valence-corrected chi connectivity index (χ4v) is 1.49. The first-order chi connectivity index (χ1) is 5.95.